The highest BCUT2D eigenvalue weighted by molar-refractivity contribution is 7.98. The summed E-state index contributed by atoms with van der Waals surface area (Å²) in [5.74, 6) is 0.362. The second kappa shape index (κ2) is 11.5. The fourth-order valence-corrected chi connectivity index (χ4v) is 2.69. The third-order valence-corrected chi connectivity index (χ3v) is 4.18. The summed E-state index contributed by atoms with van der Waals surface area (Å²) in [6.45, 7) is 5.24. The van der Waals surface area contributed by atoms with E-state index >= 15 is 0 Å². The molecule has 4 N–H and O–H groups in total. The van der Waals surface area contributed by atoms with E-state index in [0.29, 0.717) is 24.3 Å². The molecule has 0 heterocycles. The minimum Gasteiger partial charge on any atom is -0.444 e. The predicted molar refractivity (Wildman–Crippen MR) is 100 cm³/mol. The molecule has 7 nitrogen and oxygen atoms in total. The van der Waals surface area contributed by atoms with E-state index in [1.807, 2.05) is 12.5 Å². The highest BCUT2D eigenvalue weighted by Gasteiger charge is 2.27. The molecule has 2 atom stereocenters. The average molecular weight is 380 g/mol. The van der Waals surface area contributed by atoms with Gasteiger partial charge < -0.3 is 21.1 Å². The summed E-state index contributed by atoms with van der Waals surface area (Å²) in [6.07, 6.45) is 4.03. The van der Waals surface area contributed by atoms with Gasteiger partial charge in [-0.15, -0.1) is 0 Å². The Hall–Kier alpha value is -1.09. The Bertz CT molecular complexity index is 427. The van der Waals surface area contributed by atoms with Crippen molar-refractivity contribution in [1.29, 1.82) is 0 Å². The summed E-state index contributed by atoms with van der Waals surface area (Å²) in [5.41, 5.74) is 4.68. The topological polar surface area (TPSA) is 111 Å². The first-order valence-corrected chi connectivity index (χ1v) is 10.5. The minimum atomic E-state index is -0.775. The monoisotopic (exact) mass is 379 g/mol. The number of alkyl carbamates (subject to hydrolysis) is 1. The van der Waals surface area contributed by atoms with Crippen molar-refractivity contribution in [3.05, 3.63) is 0 Å². The highest BCUT2D eigenvalue weighted by atomic mass is 32.2. The molecule has 0 spiro atoms. The van der Waals surface area contributed by atoms with E-state index in [-0.39, 0.29) is 0 Å². The number of thioether (sulfide) groups is 2. The first kappa shape index (κ1) is 22.9. The maximum Gasteiger partial charge on any atom is 0.408 e. The van der Waals surface area contributed by atoms with E-state index in [4.69, 9.17) is 10.5 Å². The van der Waals surface area contributed by atoms with Gasteiger partial charge in [-0.05, 0) is 57.6 Å². The molecular weight excluding hydrogens is 350 g/mol. The zero-order valence-electron chi connectivity index (χ0n) is 15.0. The van der Waals surface area contributed by atoms with Crippen molar-refractivity contribution in [2.45, 2.75) is 51.3 Å². The largest absolute Gasteiger partial charge is 0.444 e. The molecule has 0 aromatic carbocycles. The highest BCUT2D eigenvalue weighted by Crippen LogP contribution is 2.09. The Labute approximate surface area is 152 Å². The van der Waals surface area contributed by atoms with Crippen molar-refractivity contribution in [2.24, 2.45) is 5.73 Å². The number of hydrogen-bond acceptors (Lipinski definition) is 6. The van der Waals surface area contributed by atoms with Gasteiger partial charge in [0, 0.05) is 0 Å². The van der Waals surface area contributed by atoms with Crippen LogP contribution in [-0.2, 0) is 14.3 Å². The maximum absolute atomic E-state index is 12.4. The number of primary amides is 1. The molecule has 9 heteroatoms. The number of hydrogen-bond donors (Lipinski definition) is 3. The Morgan fingerprint density at radius 1 is 1.00 bits per heavy atom. The molecule has 0 aliphatic rings. The molecule has 0 bridgehead atoms. The molecule has 0 aromatic heterocycles. The van der Waals surface area contributed by atoms with Crippen LogP contribution in [0.25, 0.3) is 0 Å². The molecule has 24 heavy (non-hydrogen) atoms. The van der Waals surface area contributed by atoms with Crippen LogP contribution in [0.2, 0.25) is 0 Å². The first-order chi connectivity index (χ1) is 11.1. The van der Waals surface area contributed by atoms with Crippen LogP contribution in [0.5, 0.6) is 0 Å². The van der Waals surface area contributed by atoms with Crippen molar-refractivity contribution < 1.29 is 19.1 Å². The van der Waals surface area contributed by atoms with Gasteiger partial charge in [-0.3, -0.25) is 9.59 Å². The molecule has 0 rings (SSSR count). The molecule has 0 aliphatic carbocycles. The van der Waals surface area contributed by atoms with Crippen molar-refractivity contribution in [1.82, 2.24) is 10.6 Å². The van der Waals surface area contributed by atoms with E-state index in [9.17, 15) is 14.4 Å². The van der Waals surface area contributed by atoms with Gasteiger partial charge >= 0.3 is 6.09 Å². The van der Waals surface area contributed by atoms with Crippen LogP contribution in [-0.4, -0.2) is 59.6 Å². The van der Waals surface area contributed by atoms with Crippen molar-refractivity contribution in [3.8, 4) is 0 Å². The SMILES string of the molecule is CSCC[C@H](NC(=O)[C@H](CCSC)NC(=O)OC(C)(C)C)C(N)=O. The van der Waals surface area contributed by atoms with Crippen LogP contribution < -0.4 is 16.4 Å². The average Bonchev–Trinajstić information content (AvgIpc) is 2.45. The second-order valence-corrected chi connectivity index (χ2v) is 8.20. The molecule has 0 aliphatic heterocycles. The summed E-state index contributed by atoms with van der Waals surface area (Å²) < 4.78 is 5.18. The predicted octanol–water partition coefficient (Wildman–Crippen LogP) is 1.36. The molecule has 140 valence electrons. The lowest BCUT2D eigenvalue weighted by atomic mass is 10.1. The Morgan fingerprint density at radius 2 is 1.50 bits per heavy atom. The van der Waals surface area contributed by atoms with E-state index in [0.717, 1.165) is 0 Å². The smallest absolute Gasteiger partial charge is 0.408 e. The lowest BCUT2D eigenvalue weighted by Gasteiger charge is -2.24. The first-order valence-electron chi connectivity index (χ1n) is 7.67. The molecule has 0 radical (unpaired) electrons. The molecular formula is C15H29N3O4S2. The lowest BCUT2D eigenvalue weighted by molar-refractivity contribution is -0.128. The van der Waals surface area contributed by atoms with Gasteiger partial charge in [0.1, 0.15) is 17.7 Å². The van der Waals surface area contributed by atoms with Crippen LogP contribution in [0.4, 0.5) is 4.79 Å². The fourth-order valence-electron chi connectivity index (χ4n) is 1.75. The molecule has 3 amide bonds. The van der Waals surface area contributed by atoms with Gasteiger partial charge in [0.05, 0.1) is 0 Å². The van der Waals surface area contributed by atoms with Crippen molar-refractivity contribution in [3.63, 3.8) is 0 Å². The third kappa shape index (κ3) is 10.6. The van der Waals surface area contributed by atoms with Gasteiger partial charge in [0.15, 0.2) is 0 Å². The molecule has 0 aromatic rings. The Kier molecular flexibility index (Phi) is 10.9. The zero-order valence-corrected chi connectivity index (χ0v) is 16.6. The molecule has 0 unspecified atom stereocenters. The third-order valence-electron chi connectivity index (χ3n) is 2.89. The van der Waals surface area contributed by atoms with E-state index in [2.05, 4.69) is 10.6 Å². The maximum atomic E-state index is 12.4. The van der Waals surface area contributed by atoms with Gasteiger partial charge in [-0.2, -0.15) is 23.5 Å². The quantitative estimate of drug-likeness (QED) is 0.528. The van der Waals surface area contributed by atoms with Crippen molar-refractivity contribution in [2.75, 3.05) is 24.0 Å². The van der Waals surface area contributed by atoms with E-state index in [1.165, 1.54) is 0 Å². The summed E-state index contributed by atoms with van der Waals surface area (Å²) in [5, 5.41) is 5.19. The number of carbonyl (C=O) groups is 3. The normalized spacial score (nSPS) is 13.7. The van der Waals surface area contributed by atoms with E-state index in [1.54, 1.807) is 44.3 Å². The van der Waals surface area contributed by atoms with Crippen molar-refractivity contribution >= 4 is 41.4 Å². The Morgan fingerprint density at radius 3 is 1.92 bits per heavy atom. The number of nitrogens with two attached hydrogens (primary N) is 1. The summed E-state index contributed by atoms with van der Waals surface area (Å²) in [4.78, 5) is 35.8. The summed E-state index contributed by atoms with van der Waals surface area (Å²) in [6, 6.07) is -1.52. The number of rotatable bonds is 10. The van der Waals surface area contributed by atoms with Crippen LogP contribution in [0.15, 0.2) is 0 Å². The lowest BCUT2D eigenvalue weighted by Crippen LogP contribution is -2.53. The molecule has 0 saturated carbocycles. The number of ether oxygens (including phenoxy) is 1. The van der Waals surface area contributed by atoms with Gasteiger partial charge in [-0.1, -0.05) is 0 Å². The summed E-state index contributed by atoms with van der Waals surface area (Å²) in [7, 11) is 0. The van der Waals surface area contributed by atoms with E-state index < -0.39 is 35.6 Å². The number of amides is 3. The van der Waals surface area contributed by atoms with Gasteiger partial charge in [0.2, 0.25) is 11.8 Å². The number of carbonyl (C=O) groups excluding carboxylic acids is 3. The second-order valence-electron chi connectivity index (χ2n) is 6.23. The standard InChI is InChI=1S/C15H29N3O4S2/c1-15(2,3)22-14(21)18-11(7-9-24-5)13(20)17-10(12(16)19)6-8-23-4/h10-11H,6-9H2,1-5H3,(H2,16,19)(H,17,20)(H,18,21)/t10-,11-/m0/s1. The fraction of sp³-hybridized carbons (Fsp3) is 0.800. The summed E-state index contributed by atoms with van der Waals surface area (Å²) >= 11 is 3.12. The van der Waals surface area contributed by atoms with Gasteiger partial charge in [-0.25, -0.2) is 4.79 Å². The van der Waals surface area contributed by atoms with Crippen LogP contribution in [0.3, 0.4) is 0 Å². The zero-order chi connectivity index (χ0) is 18.8. The Balaban J connectivity index is 4.84. The van der Waals surface area contributed by atoms with Crippen LogP contribution in [0, 0.1) is 0 Å². The van der Waals surface area contributed by atoms with Crippen LogP contribution >= 0.6 is 23.5 Å². The van der Waals surface area contributed by atoms with Gasteiger partial charge in [0.25, 0.3) is 0 Å². The van der Waals surface area contributed by atoms with Crippen LogP contribution in [0.1, 0.15) is 33.6 Å². The molecule has 0 saturated heterocycles. The number of nitrogens with one attached hydrogen (secondary N) is 2. The molecule has 0 fully saturated rings. The minimum absolute atomic E-state index is 0.431.